The number of benzene rings is 1. The van der Waals surface area contributed by atoms with Crippen LogP contribution in [0.2, 0.25) is 0 Å². The van der Waals surface area contributed by atoms with Gasteiger partial charge in [0.1, 0.15) is 0 Å². The van der Waals surface area contributed by atoms with Gasteiger partial charge in [0.2, 0.25) is 0 Å². The maximum atomic E-state index is 12.1. The third kappa shape index (κ3) is 4.13. The molecule has 3 rings (SSSR count). The molecule has 1 amide bonds. The Morgan fingerprint density at radius 2 is 1.76 bits per heavy atom. The van der Waals surface area contributed by atoms with Gasteiger partial charge in [0.05, 0.1) is 11.2 Å². The van der Waals surface area contributed by atoms with Gasteiger partial charge in [-0.25, -0.2) is 0 Å². The average molecular weight is 359 g/mol. The number of hydrogen-bond donors (Lipinski definition) is 2. The Hall–Kier alpha value is -1.24. The van der Waals surface area contributed by atoms with E-state index in [0.717, 1.165) is 23.9 Å². The molecule has 0 atom stereocenters. The molecule has 0 spiro atoms. The van der Waals surface area contributed by atoms with E-state index in [1.165, 1.54) is 0 Å². The molecular formula is C19H26BNO3S. The molecule has 6 heteroatoms. The Morgan fingerprint density at radius 3 is 2.24 bits per heavy atom. The molecule has 1 aromatic carbocycles. The zero-order valence-electron chi connectivity index (χ0n) is 15.3. The lowest BCUT2D eigenvalue weighted by molar-refractivity contribution is 0.00578. The third-order valence-corrected chi connectivity index (χ3v) is 5.54. The molecule has 4 nitrogen and oxygen atoms in total. The number of carbonyl (C=O) groups is 1. The van der Waals surface area contributed by atoms with E-state index in [0.29, 0.717) is 17.4 Å². The minimum absolute atomic E-state index is 0.00147. The number of nitrogens with one attached hydrogen (secondary N) is 1. The molecule has 1 saturated carbocycles. The van der Waals surface area contributed by atoms with Crippen molar-refractivity contribution >= 4 is 31.7 Å². The first-order chi connectivity index (χ1) is 11.7. The normalized spacial score (nSPS) is 22.1. The highest BCUT2D eigenvalue weighted by molar-refractivity contribution is 7.80. The fraction of sp³-hybridized carbons (Fsp3) is 0.526. The Morgan fingerprint density at radius 1 is 1.20 bits per heavy atom. The van der Waals surface area contributed by atoms with Gasteiger partial charge in [0.25, 0.3) is 5.91 Å². The topological polar surface area (TPSA) is 47.6 Å². The summed E-state index contributed by atoms with van der Waals surface area (Å²) >= 11 is 4.44. The highest BCUT2D eigenvalue weighted by Gasteiger charge is 2.52. The highest BCUT2D eigenvalue weighted by Crippen LogP contribution is 2.39. The fourth-order valence-electron chi connectivity index (χ4n) is 2.62. The van der Waals surface area contributed by atoms with Crippen LogP contribution in [0.5, 0.6) is 0 Å². The second-order valence-corrected chi connectivity index (χ2v) is 8.15. The molecule has 1 N–H and O–H groups in total. The SMILES string of the molecule is CC1(C)OB(C(=Cc2ccc(C(=O)NC3CC3)cc2)CS)OC1(C)C. The Balaban J connectivity index is 1.73. The van der Waals surface area contributed by atoms with Crippen LogP contribution in [-0.2, 0) is 9.31 Å². The molecule has 2 fully saturated rings. The summed E-state index contributed by atoms with van der Waals surface area (Å²) in [6, 6.07) is 7.95. The number of thiol groups is 1. The lowest BCUT2D eigenvalue weighted by Gasteiger charge is -2.32. The van der Waals surface area contributed by atoms with Crippen LogP contribution in [0.15, 0.2) is 29.7 Å². The lowest BCUT2D eigenvalue weighted by atomic mass is 9.78. The molecule has 0 unspecified atom stereocenters. The zero-order chi connectivity index (χ0) is 18.2. The fourth-order valence-corrected chi connectivity index (χ4v) is 2.86. The van der Waals surface area contributed by atoms with Gasteiger partial charge in [0, 0.05) is 17.4 Å². The lowest BCUT2D eigenvalue weighted by Crippen LogP contribution is -2.41. The second-order valence-electron chi connectivity index (χ2n) is 7.84. The molecule has 0 aromatic heterocycles. The summed E-state index contributed by atoms with van der Waals surface area (Å²) in [6.45, 7) is 8.15. The average Bonchev–Trinajstić information content (AvgIpc) is 3.32. The number of amides is 1. The van der Waals surface area contributed by atoms with Crippen LogP contribution in [0.3, 0.4) is 0 Å². The van der Waals surface area contributed by atoms with Gasteiger partial charge in [-0.1, -0.05) is 18.2 Å². The van der Waals surface area contributed by atoms with Crippen LogP contribution in [0.25, 0.3) is 6.08 Å². The summed E-state index contributed by atoms with van der Waals surface area (Å²) in [7, 11) is -0.402. The first-order valence-electron chi connectivity index (χ1n) is 8.80. The minimum atomic E-state index is -0.402. The summed E-state index contributed by atoms with van der Waals surface area (Å²) in [5, 5.41) is 3.00. The van der Waals surface area contributed by atoms with Gasteiger partial charge >= 0.3 is 7.12 Å². The van der Waals surface area contributed by atoms with Crippen LogP contribution in [-0.4, -0.2) is 36.0 Å². The van der Waals surface area contributed by atoms with E-state index >= 15 is 0 Å². The van der Waals surface area contributed by atoms with E-state index in [1.54, 1.807) is 0 Å². The van der Waals surface area contributed by atoms with Crippen molar-refractivity contribution in [2.75, 3.05) is 5.75 Å². The van der Waals surface area contributed by atoms with Crippen molar-refractivity contribution in [1.82, 2.24) is 5.32 Å². The molecule has 134 valence electrons. The quantitative estimate of drug-likeness (QED) is 0.625. The summed E-state index contributed by atoms with van der Waals surface area (Å²) in [6.07, 6.45) is 4.20. The number of rotatable bonds is 5. The van der Waals surface area contributed by atoms with E-state index in [4.69, 9.17) is 9.31 Å². The molecule has 25 heavy (non-hydrogen) atoms. The Kier molecular flexibility index (Phi) is 5.06. The monoisotopic (exact) mass is 359 g/mol. The van der Waals surface area contributed by atoms with E-state index in [-0.39, 0.29) is 17.1 Å². The van der Waals surface area contributed by atoms with Gasteiger partial charge in [-0.05, 0) is 63.7 Å². The van der Waals surface area contributed by atoms with Crippen LogP contribution >= 0.6 is 12.6 Å². The molecule has 0 radical (unpaired) electrons. The van der Waals surface area contributed by atoms with Crippen LogP contribution < -0.4 is 5.32 Å². The van der Waals surface area contributed by atoms with Gasteiger partial charge in [0.15, 0.2) is 0 Å². The molecule has 1 aliphatic heterocycles. The van der Waals surface area contributed by atoms with Crippen molar-refractivity contribution < 1.29 is 14.1 Å². The van der Waals surface area contributed by atoms with Crippen molar-refractivity contribution in [2.45, 2.75) is 57.8 Å². The summed E-state index contributed by atoms with van der Waals surface area (Å²) in [5.41, 5.74) is 1.92. The van der Waals surface area contributed by atoms with Gasteiger partial charge < -0.3 is 14.6 Å². The van der Waals surface area contributed by atoms with Crippen molar-refractivity contribution in [2.24, 2.45) is 0 Å². The van der Waals surface area contributed by atoms with Crippen LogP contribution in [0.4, 0.5) is 0 Å². The number of carbonyl (C=O) groups excluding carboxylic acids is 1. The number of hydrogen-bond acceptors (Lipinski definition) is 4. The molecule has 1 aromatic rings. The van der Waals surface area contributed by atoms with E-state index in [1.807, 2.05) is 58.0 Å². The Labute approximate surface area is 155 Å². The summed E-state index contributed by atoms with van der Waals surface area (Å²) < 4.78 is 12.2. The van der Waals surface area contributed by atoms with Gasteiger partial charge in [-0.2, -0.15) is 12.6 Å². The maximum Gasteiger partial charge on any atom is 0.491 e. The Bertz CT molecular complexity index is 664. The van der Waals surface area contributed by atoms with Gasteiger partial charge in [-0.3, -0.25) is 4.79 Å². The molecule has 1 aliphatic carbocycles. The largest absolute Gasteiger partial charge is 0.491 e. The highest BCUT2D eigenvalue weighted by atomic mass is 32.1. The van der Waals surface area contributed by atoms with E-state index in [9.17, 15) is 4.79 Å². The van der Waals surface area contributed by atoms with Crippen molar-refractivity contribution in [3.8, 4) is 0 Å². The predicted molar refractivity (Wildman–Crippen MR) is 105 cm³/mol. The molecule has 1 heterocycles. The smallest absolute Gasteiger partial charge is 0.400 e. The second kappa shape index (κ2) is 6.82. The molecular weight excluding hydrogens is 333 g/mol. The predicted octanol–water partition coefficient (Wildman–Crippen LogP) is 3.52. The van der Waals surface area contributed by atoms with Crippen LogP contribution in [0, 0.1) is 0 Å². The molecule has 1 saturated heterocycles. The standard InChI is InChI=1S/C19H26BNO3S/c1-18(2)19(3,4)24-20(23-18)15(12-25)11-13-5-7-14(8-6-13)17(22)21-16-9-10-16/h5-8,11,16,25H,9-10,12H2,1-4H3,(H,21,22). The zero-order valence-corrected chi connectivity index (χ0v) is 16.2. The van der Waals surface area contributed by atoms with Crippen molar-refractivity contribution in [3.05, 3.63) is 40.9 Å². The molecule has 2 aliphatic rings. The summed E-state index contributed by atoms with van der Waals surface area (Å²) in [4.78, 5) is 12.1. The van der Waals surface area contributed by atoms with E-state index < -0.39 is 7.12 Å². The first kappa shape index (κ1) is 18.6. The molecule has 0 bridgehead atoms. The van der Waals surface area contributed by atoms with Crippen molar-refractivity contribution in [1.29, 1.82) is 0 Å². The van der Waals surface area contributed by atoms with Gasteiger partial charge in [-0.15, -0.1) is 0 Å². The van der Waals surface area contributed by atoms with E-state index in [2.05, 4.69) is 17.9 Å². The summed E-state index contributed by atoms with van der Waals surface area (Å²) in [5.74, 6) is 0.541. The third-order valence-electron chi connectivity index (χ3n) is 5.18. The maximum absolute atomic E-state index is 12.1. The van der Waals surface area contributed by atoms with Crippen LogP contribution in [0.1, 0.15) is 56.5 Å². The minimum Gasteiger partial charge on any atom is -0.400 e. The first-order valence-corrected chi connectivity index (χ1v) is 9.43. The van der Waals surface area contributed by atoms with Crippen molar-refractivity contribution in [3.63, 3.8) is 0 Å².